The van der Waals surface area contributed by atoms with Crippen molar-refractivity contribution in [3.05, 3.63) is 0 Å². The van der Waals surface area contributed by atoms with Gasteiger partial charge in [-0.15, -0.1) is 0 Å². The minimum atomic E-state index is -0.373. The number of rotatable bonds is 0. The molecule has 0 amide bonds. The lowest BCUT2D eigenvalue weighted by atomic mass is 9.68. The molecule has 1 unspecified atom stereocenters. The number of hydrogen-bond donors (Lipinski definition) is 0. The van der Waals surface area contributed by atoms with E-state index in [4.69, 9.17) is 4.74 Å². The van der Waals surface area contributed by atoms with Crippen molar-refractivity contribution in [2.24, 2.45) is 5.41 Å². The van der Waals surface area contributed by atoms with Crippen LogP contribution in [0.3, 0.4) is 0 Å². The summed E-state index contributed by atoms with van der Waals surface area (Å²) in [7, 11) is 0. The van der Waals surface area contributed by atoms with Crippen molar-refractivity contribution in [1.82, 2.24) is 0 Å². The van der Waals surface area contributed by atoms with Crippen molar-refractivity contribution < 1.29 is 9.53 Å². The standard InChI is InChI=1S/C11H18O2/c1-10(2)5-3-6-11(8-10)9(12)4-7-13-11/h3-8H2,1-2H3. The van der Waals surface area contributed by atoms with E-state index in [-0.39, 0.29) is 11.0 Å². The third kappa shape index (κ3) is 1.52. The lowest BCUT2D eigenvalue weighted by Crippen LogP contribution is -2.43. The highest BCUT2D eigenvalue weighted by atomic mass is 16.5. The second kappa shape index (κ2) is 2.81. The van der Waals surface area contributed by atoms with E-state index in [1.54, 1.807) is 0 Å². The molecule has 1 saturated carbocycles. The number of carbonyl (C=O) groups is 1. The van der Waals surface area contributed by atoms with Gasteiger partial charge in [-0.05, 0) is 31.1 Å². The lowest BCUT2D eigenvalue weighted by Gasteiger charge is -2.40. The molecule has 2 heteroatoms. The average molecular weight is 182 g/mol. The van der Waals surface area contributed by atoms with E-state index >= 15 is 0 Å². The molecule has 1 atom stereocenters. The molecule has 1 aliphatic carbocycles. The molecule has 74 valence electrons. The lowest BCUT2D eigenvalue weighted by molar-refractivity contribution is -0.139. The van der Waals surface area contributed by atoms with Crippen LogP contribution in [0.5, 0.6) is 0 Å². The van der Waals surface area contributed by atoms with Gasteiger partial charge < -0.3 is 4.74 Å². The first kappa shape index (κ1) is 9.20. The fourth-order valence-corrected chi connectivity index (χ4v) is 2.81. The van der Waals surface area contributed by atoms with Crippen LogP contribution in [-0.2, 0) is 9.53 Å². The van der Waals surface area contributed by atoms with Crippen LogP contribution in [0, 0.1) is 5.41 Å². The Morgan fingerprint density at radius 1 is 1.31 bits per heavy atom. The first-order valence-electron chi connectivity index (χ1n) is 5.21. The summed E-state index contributed by atoms with van der Waals surface area (Å²) in [4.78, 5) is 11.7. The summed E-state index contributed by atoms with van der Waals surface area (Å²) in [5.74, 6) is 0.347. The van der Waals surface area contributed by atoms with Crippen molar-refractivity contribution in [2.45, 2.75) is 51.6 Å². The van der Waals surface area contributed by atoms with Crippen LogP contribution in [-0.4, -0.2) is 18.0 Å². The molecule has 2 aliphatic rings. The Morgan fingerprint density at radius 2 is 2.08 bits per heavy atom. The van der Waals surface area contributed by atoms with Crippen molar-refractivity contribution >= 4 is 5.78 Å². The molecule has 1 spiro atoms. The van der Waals surface area contributed by atoms with E-state index in [9.17, 15) is 4.79 Å². The highest BCUT2D eigenvalue weighted by Crippen LogP contribution is 2.45. The van der Waals surface area contributed by atoms with Gasteiger partial charge in [0.25, 0.3) is 0 Å². The van der Waals surface area contributed by atoms with Crippen molar-refractivity contribution in [1.29, 1.82) is 0 Å². The Morgan fingerprint density at radius 3 is 2.62 bits per heavy atom. The van der Waals surface area contributed by atoms with E-state index in [0.29, 0.717) is 18.8 Å². The Kier molecular flexibility index (Phi) is 1.99. The highest BCUT2D eigenvalue weighted by molar-refractivity contribution is 5.89. The molecular weight excluding hydrogens is 164 g/mol. The topological polar surface area (TPSA) is 26.3 Å². The van der Waals surface area contributed by atoms with Gasteiger partial charge >= 0.3 is 0 Å². The minimum Gasteiger partial charge on any atom is -0.367 e. The predicted molar refractivity (Wildman–Crippen MR) is 50.6 cm³/mol. The summed E-state index contributed by atoms with van der Waals surface area (Å²) in [5, 5.41) is 0. The maximum Gasteiger partial charge on any atom is 0.166 e. The van der Waals surface area contributed by atoms with Gasteiger partial charge in [-0.3, -0.25) is 4.79 Å². The fourth-order valence-electron chi connectivity index (χ4n) is 2.81. The molecule has 0 aromatic heterocycles. The normalized spacial score (nSPS) is 38.5. The average Bonchev–Trinajstić information content (AvgIpc) is 2.31. The van der Waals surface area contributed by atoms with Crippen LogP contribution in [0.25, 0.3) is 0 Å². The monoisotopic (exact) mass is 182 g/mol. The van der Waals surface area contributed by atoms with Gasteiger partial charge in [0.15, 0.2) is 5.78 Å². The molecule has 1 saturated heterocycles. The second-order valence-corrected chi connectivity index (χ2v) is 5.21. The fraction of sp³-hybridized carbons (Fsp3) is 0.909. The van der Waals surface area contributed by atoms with Crippen LogP contribution >= 0.6 is 0 Å². The number of ether oxygens (including phenoxy) is 1. The van der Waals surface area contributed by atoms with Crippen LogP contribution in [0.2, 0.25) is 0 Å². The third-order valence-electron chi connectivity index (χ3n) is 3.41. The first-order valence-corrected chi connectivity index (χ1v) is 5.21. The summed E-state index contributed by atoms with van der Waals surface area (Å²) in [6.07, 6.45) is 4.88. The molecule has 2 fully saturated rings. The maximum absolute atomic E-state index is 11.7. The van der Waals surface area contributed by atoms with Crippen molar-refractivity contribution in [2.75, 3.05) is 6.61 Å². The van der Waals surface area contributed by atoms with Gasteiger partial charge in [-0.25, -0.2) is 0 Å². The maximum atomic E-state index is 11.7. The minimum absolute atomic E-state index is 0.290. The summed E-state index contributed by atoms with van der Waals surface area (Å²) >= 11 is 0. The Labute approximate surface area is 79.7 Å². The van der Waals surface area contributed by atoms with Gasteiger partial charge in [0, 0.05) is 6.42 Å². The van der Waals surface area contributed by atoms with Gasteiger partial charge in [-0.2, -0.15) is 0 Å². The first-order chi connectivity index (χ1) is 6.04. The van der Waals surface area contributed by atoms with Crippen molar-refractivity contribution in [3.63, 3.8) is 0 Å². The SMILES string of the molecule is CC1(C)CCCC2(C1)OCCC2=O. The van der Waals surface area contributed by atoms with Crippen LogP contribution < -0.4 is 0 Å². The Balaban J connectivity index is 2.18. The number of ketones is 1. The smallest absolute Gasteiger partial charge is 0.166 e. The number of Topliss-reactive ketones (excluding diaryl/α,β-unsaturated/α-hetero) is 1. The molecule has 0 N–H and O–H groups in total. The molecule has 0 aromatic carbocycles. The molecule has 2 nitrogen and oxygen atoms in total. The third-order valence-corrected chi connectivity index (χ3v) is 3.41. The summed E-state index contributed by atoms with van der Waals surface area (Å²) in [6, 6.07) is 0. The van der Waals surface area contributed by atoms with Crippen LogP contribution in [0.15, 0.2) is 0 Å². The summed E-state index contributed by atoms with van der Waals surface area (Å²) < 4.78 is 5.68. The molecular formula is C11H18O2. The predicted octanol–water partition coefficient (Wildman–Crippen LogP) is 2.31. The summed E-state index contributed by atoms with van der Waals surface area (Å²) in [5.41, 5.74) is -0.0833. The zero-order valence-corrected chi connectivity index (χ0v) is 8.56. The molecule has 13 heavy (non-hydrogen) atoms. The zero-order valence-electron chi connectivity index (χ0n) is 8.56. The molecule has 0 bridgehead atoms. The zero-order chi connectivity index (χ0) is 9.53. The molecule has 1 aliphatic heterocycles. The Bertz CT molecular complexity index is 232. The van der Waals surface area contributed by atoms with E-state index < -0.39 is 0 Å². The van der Waals surface area contributed by atoms with E-state index in [0.717, 1.165) is 19.3 Å². The van der Waals surface area contributed by atoms with Crippen LogP contribution in [0.1, 0.15) is 46.0 Å². The highest BCUT2D eigenvalue weighted by Gasteiger charge is 2.48. The number of hydrogen-bond acceptors (Lipinski definition) is 2. The van der Waals surface area contributed by atoms with E-state index in [2.05, 4.69) is 13.8 Å². The molecule has 0 radical (unpaired) electrons. The summed E-state index contributed by atoms with van der Waals surface area (Å²) in [6.45, 7) is 5.13. The quantitative estimate of drug-likeness (QED) is 0.574. The van der Waals surface area contributed by atoms with Gasteiger partial charge in [-0.1, -0.05) is 13.8 Å². The largest absolute Gasteiger partial charge is 0.367 e. The molecule has 0 aromatic rings. The van der Waals surface area contributed by atoms with Crippen LogP contribution in [0.4, 0.5) is 0 Å². The molecule has 1 heterocycles. The van der Waals surface area contributed by atoms with Crippen molar-refractivity contribution in [3.8, 4) is 0 Å². The van der Waals surface area contributed by atoms with Gasteiger partial charge in [0.1, 0.15) is 5.60 Å². The van der Waals surface area contributed by atoms with E-state index in [1.807, 2.05) is 0 Å². The number of carbonyl (C=O) groups excluding carboxylic acids is 1. The molecule has 2 rings (SSSR count). The van der Waals surface area contributed by atoms with Gasteiger partial charge in [0.05, 0.1) is 6.61 Å². The van der Waals surface area contributed by atoms with Gasteiger partial charge in [0.2, 0.25) is 0 Å². The Hall–Kier alpha value is -0.370. The second-order valence-electron chi connectivity index (χ2n) is 5.21. The van der Waals surface area contributed by atoms with E-state index in [1.165, 1.54) is 6.42 Å².